The molecule has 1 unspecified atom stereocenters. The molecule has 2 aliphatic heterocycles. The molecule has 0 spiro atoms. The lowest BCUT2D eigenvalue weighted by molar-refractivity contribution is -0.928. The number of carbonyl (C=O) groups excluding carboxylic acids is 2. The van der Waals surface area contributed by atoms with Crippen molar-refractivity contribution >= 4 is 23.6 Å². The minimum atomic E-state index is -0.376. The van der Waals surface area contributed by atoms with Gasteiger partial charge >= 0.3 is 0 Å². The number of benzene rings is 1. The normalized spacial score (nSPS) is 28.1. The van der Waals surface area contributed by atoms with Gasteiger partial charge in [-0.3, -0.25) is 9.59 Å². The average Bonchev–Trinajstić information content (AvgIpc) is 3.12. The van der Waals surface area contributed by atoms with Crippen molar-refractivity contribution in [2.75, 3.05) is 25.4 Å². The lowest BCUT2D eigenvalue weighted by Gasteiger charge is -2.30. The molecule has 2 amide bonds. The Labute approximate surface area is 166 Å². The van der Waals surface area contributed by atoms with Gasteiger partial charge in [0.2, 0.25) is 11.8 Å². The monoisotopic (exact) mass is 390 g/mol. The predicted octanol–water partition coefficient (Wildman–Crippen LogP) is 1.61. The Bertz CT molecular complexity index is 640. The molecule has 1 aromatic rings. The number of hydrogen-bond acceptors (Lipinski definition) is 3. The summed E-state index contributed by atoms with van der Waals surface area (Å²) in [4.78, 5) is 28.4. The predicted molar refractivity (Wildman–Crippen MR) is 110 cm³/mol. The molecule has 0 radical (unpaired) electrons. The molecule has 5 nitrogen and oxygen atoms in total. The summed E-state index contributed by atoms with van der Waals surface area (Å²) < 4.78 is 0. The Balaban J connectivity index is 1.50. The van der Waals surface area contributed by atoms with E-state index in [2.05, 4.69) is 12.2 Å². The van der Waals surface area contributed by atoms with E-state index >= 15 is 0 Å². The molecule has 0 bridgehead atoms. The van der Waals surface area contributed by atoms with Gasteiger partial charge < -0.3 is 15.1 Å². The second kappa shape index (κ2) is 9.60. The van der Waals surface area contributed by atoms with Crippen LogP contribution < -0.4 is 10.2 Å². The van der Waals surface area contributed by atoms with E-state index in [0.717, 1.165) is 24.6 Å². The third-order valence-electron chi connectivity index (χ3n) is 5.81. The Kier molecular flexibility index (Phi) is 7.19. The van der Waals surface area contributed by atoms with Crippen molar-refractivity contribution in [3.63, 3.8) is 0 Å². The lowest BCUT2D eigenvalue weighted by Crippen LogP contribution is -3.16. The number of likely N-dealkylation sites (tertiary alicyclic amines) is 1. The molecule has 4 atom stereocenters. The van der Waals surface area contributed by atoms with Crippen LogP contribution in [0.2, 0.25) is 0 Å². The third kappa shape index (κ3) is 5.05. The van der Waals surface area contributed by atoms with Crippen LogP contribution in [0, 0.1) is 0 Å². The first kappa shape index (κ1) is 20.2. The highest BCUT2D eigenvalue weighted by molar-refractivity contribution is 7.99. The maximum Gasteiger partial charge on any atom is 0.243 e. The molecule has 6 heteroatoms. The van der Waals surface area contributed by atoms with Crippen molar-refractivity contribution in [2.24, 2.45) is 0 Å². The van der Waals surface area contributed by atoms with Crippen LogP contribution in [0.3, 0.4) is 0 Å². The molecule has 27 heavy (non-hydrogen) atoms. The van der Waals surface area contributed by atoms with Crippen LogP contribution in [0.15, 0.2) is 30.3 Å². The van der Waals surface area contributed by atoms with Crippen LogP contribution in [0.5, 0.6) is 0 Å². The van der Waals surface area contributed by atoms with Gasteiger partial charge in [-0.25, -0.2) is 0 Å². The number of hydrogen-bond donors (Lipinski definition) is 2. The van der Waals surface area contributed by atoms with E-state index in [-0.39, 0.29) is 23.2 Å². The van der Waals surface area contributed by atoms with Crippen molar-refractivity contribution in [2.45, 2.75) is 57.0 Å². The minimum Gasteiger partial charge on any atom is -0.354 e. The molecule has 0 saturated carbocycles. The fourth-order valence-electron chi connectivity index (χ4n) is 4.24. The summed E-state index contributed by atoms with van der Waals surface area (Å²) in [7, 11) is 0. The summed E-state index contributed by atoms with van der Waals surface area (Å²) in [6.07, 6.45) is 4.98. The van der Waals surface area contributed by atoms with Gasteiger partial charge in [0.05, 0.1) is 19.1 Å². The number of quaternary nitrogens is 1. The molecule has 148 valence electrons. The number of thioether (sulfide) groups is 1. The Morgan fingerprint density at radius 1 is 1.26 bits per heavy atom. The Morgan fingerprint density at radius 3 is 2.74 bits per heavy atom. The van der Waals surface area contributed by atoms with Crippen molar-refractivity contribution in [3.05, 3.63) is 35.9 Å². The van der Waals surface area contributed by atoms with Crippen molar-refractivity contribution in [1.82, 2.24) is 10.2 Å². The Morgan fingerprint density at radius 2 is 2.04 bits per heavy atom. The van der Waals surface area contributed by atoms with E-state index in [1.807, 2.05) is 30.3 Å². The number of carbonyl (C=O) groups is 2. The first-order valence-corrected chi connectivity index (χ1v) is 11.2. The van der Waals surface area contributed by atoms with Crippen LogP contribution in [0.4, 0.5) is 0 Å². The van der Waals surface area contributed by atoms with Gasteiger partial charge in [-0.15, -0.1) is 11.8 Å². The standard InChI is InChI=1S/C21H31N3O2S/c1-16-9-6-7-13-23(16)14-8-12-22-20(26)19-15-27-21(24(19)17(2)25)18-10-4-3-5-11-18/h3-5,10-11,16,19,21H,6-9,12-15H2,1-2H3,(H,22,26)/p+1/t16-,19+,21-/m1/s1. The van der Waals surface area contributed by atoms with Crippen LogP contribution in [-0.2, 0) is 9.59 Å². The second-order valence-electron chi connectivity index (χ2n) is 7.74. The fourth-order valence-corrected chi connectivity index (χ4v) is 5.72. The quantitative estimate of drug-likeness (QED) is 0.726. The summed E-state index contributed by atoms with van der Waals surface area (Å²) in [6.45, 7) is 6.95. The van der Waals surface area contributed by atoms with E-state index in [9.17, 15) is 9.59 Å². The molecule has 0 aromatic heterocycles. The van der Waals surface area contributed by atoms with Crippen molar-refractivity contribution < 1.29 is 14.5 Å². The first-order chi connectivity index (χ1) is 13.1. The van der Waals surface area contributed by atoms with E-state index in [4.69, 9.17) is 0 Å². The summed E-state index contributed by atoms with van der Waals surface area (Å²) >= 11 is 1.67. The summed E-state index contributed by atoms with van der Waals surface area (Å²) in [5.41, 5.74) is 1.08. The van der Waals surface area contributed by atoms with Crippen LogP contribution in [-0.4, -0.2) is 54.2 Å². The molecule has 2 aliphatic rings. The van der Waals surface area contributed by atoms with Gasteiger partial charge in [-0.1, -0.05) is 30.3 Å². The van der Waals surface area contributed by atoms with Gasteiger partial charge in [-0.05, 0) is 31.7 Å². The van der Waals surface area contributed by atoms with Gasteiger partial charge in [0.1, 0.15) is 11.4 Å². The number of piperidine rings is 1. The average molecular weight is 391 g/mol. The van der Waals surface area contributed by atoms with Crippen LogP contribution in [0.1, 0.15) is 50.5 Å². The first-order valence-electron chi connectivity index (χ1n) is 10.2. The maximum atomic E-state index is 12.7. The zero-order chi connectivity index (χ0) is 19.2. The van der Waals surface area contributed by atoms with Crippen LogP contribution in [0.25, 0.3) is 0 Å². The largest absolute Gasteiger partial charge is 0.354 e. The number of nitrogens with one attached hydrogen (secondary N) is 2. The molecule has 2 heterocycles. The summed E-state index contributed by atoms with van der Waals surface area (Å²) in [5, 5.41) is 3.01. The van der Waals surface area contributed by atoms with E-state index < -0.39 is 0 Å². The second-order valence-corrected chi connectivity index (χ2v) is 8.85. The lowest BCUT2D eigenvalue weighted by atomic mass is 10.0. The smallest absolute Gasteiger partial charge is 0.243 e. The highest BCUT2D eigenvalue weighted by atomic mass is 32.2. The molecule has 2 saturated heterocycles. The molecule has 1 aromatic carbocycles. The molecule has 0 aliphatic carbocycles. The number of rotatable bonds is 6. The topological polar surface area (TPSA) is 53.9 Å². The van der Waals surface area contributed by atoms with Crippen molar-refractivity contribution in [1.29, 1.82) is 0 Å². The van der Waals surface area contributed by atoms with Gasteiger partial charge in [0.25, 0.3) is 0 Å². The molecule has 3 rings (SSSR count). The summed E-state index contributed by atoms with van der Waals surface area (Å²) in [5.74, 6) is 0.595. The number of nitrogens with zero attached hydrogens (tertiary/aromatic N) is 1. The highest BCUT2D eigenvalue weighted by Gasteiger charge is 2.40. The Hall–Kier alpha value is -1.53. The number of amides is 2. The van der Waals surface area contributed by atoms with Gasteiger partial charge in [-0.2, -0.15) is 0 Å². The van der Waals surface area contributed by atoms with E-state index in [1.54, 1.807) is 28.5 Å². The van der Waals surface area contributed by atoms with Crippen LogP contribution >= 0.6 is 11.8 Å². The van der Waals surface area contributed by atoms with Gasteiger partial charge in [0.15, 0.2) is 0 Å². The van der Waals surface area contributed by atoms with E-state index in [0.29, 0.717) is 12.3 Å². The molecule has 2 N–H and O–H groups in total. The third-order valence-corrected chi connectivity index (χ3v) is 7.13. The fraction of sp³-hybridized carbons (Fsp3) is 0.619. The molecular weight excluding hydrogens is 358 g/mol. The molecule has 2 fully saturated rings. The van der Waals surface area contributed by atoms with Crippen molar-refractivity contribution in [3.8, 4) is 0 Å². The zero-order valence-corrected chi connectivity index (χ0v) is 17.3. The SMILES string of the molecule is CC(=O)N1[C@@H](c2ccccc2)SC[C@H]1C(=O)NCCC[NH+]1CCCC[C@H]1C. The maximum absolute atomic E-state index is 12.7. The molecular formula is C21H32N3O2S+. The van der Waals surface area contributed by atoms with E-state index in [1.165, 1.54) is 25.8 Å². The summed E-state index contributed by atoms with van der Waals surface area (Å²) in [6, 6.07) is 10.3. The van der Waals surface area contributed by atoms with Gasteiger partial charge in [0, 0.05) is 25.6 Å². The minimum absolute atomic E-state index is 0.0159. The zero-order valence-electron chi connectivity index (χ0n) is 16.4. The highest BCUT2D eigenvalue weighted by Crippen LogP contribution is 2.41.